The number of carbonyl (C=O) groups is 2. The second-order valence-electron chi connectivity index (χ2n) is 6.35. The van der Waals surface area contributed by atoms with Gasteiger partial charge in [-0.1, -0.05) is 18.5 Å². The third-order valence-corrected chi connectivity index (χ3v) is 5.41. The van der Waals surface area contributed by atoms with Crippen LogP contribution in [0.5, 0.6) is 5.75 Å². The molecule has 2 aromatic rings. The molecule has 30 heavy (non-hydrogen) atoms. The van der Waals surface area contributed by atoms with Crippen molar-refractivity contribution in [2.75, 3.05) is 36.1 Å². The molecule has 0 radical (unpaired) electrons. The second kappa shape index (κ2) is 10.3. The number of hydrogen-bond acceptors (Lipinski definition) is 6. The highest BCUT2D eigenvalue weighted by Gasteiger charge is 2.21. The van der Waals surface area contributed by atoms with Gasteiger partial charge in [0, 0.05) is 5.69 Å². The Bertz CT molecular complexity index is 1010. The van der Waals surface area contributed by atoms with Crippen molar-refractivity contribution in [2.45, 2.75) is 13.3 Å². The molecule has 0 aliphatic carbocycles. The summed E-state index contributed by atoms with van der Waals surface area (Å²) in [5.41, 5.74) is 0.684. The number of carbonyl (C=O) groups excluding carboxylic acids is 2. The SMILES string of the molecule is CCCOc1ccc(N(CC(=O)Nc2ccc(Cl)c(C(=O)OC)c2)S(C)(=O)=O)cc1. The zero-order chi connectivity index (χ0) is 22.3. The Hall–Kier alpha value is -2.78. The lowest BCUT2D eigenvalue weighted by atomic mass is 10.2. The van der Waals surface area contributed by atoms with E-state index in [1.54, 1.807) is 24.3 Å². The zero-order valence-corrected chi connectivity index (χ0v) is 18.4. The molecule has 0 aliphatic heterocycles. The topological polar surface area (TPSA) is 102 Å². The Balaban J connectivity index is 2.18. The molecule has 8 nitrogen and oxygen atoms in total. The van der Waals surface area contributed by atoms with Gasteiger partial charge in [-0.15, -0.1) is 0 Å². The van der Waals surface area contributed by atoms with Gasteiger partial charge in [0.1, 0.15) is 12.3 Å². The van der Waals surface area contributed by atoms with E-state index in [4.69, 9.17) is 16.3 Å². The first-order valence-electron chi connectivity index (χ1n) is 9.04. The van der Waals surface area contributed by atoms with E-state index in [2.05, 4.69) is 10.1 Å². The number of sulfonamides is 1. The maximum atomic E-state index is 12.5. The molecule has 1 N–H and O–H groups in total. The Morgan fingerprint density at radius 3 is 2.37 bits per heavy atom. The Kier molecular flexibility index (Phi) is 8.08. The van der Waals surface area contributed by atoms with Gasteiger partial charge >= 0.3 is 5.97 Å². The standard InChI is InChI=1S/C20H23ClN2O6S/c1-4-11-29-16-8-6-15(7-9-16)23(30(3,26)27)13-19(24)22-14-5-10-18(21)17(12-14)20(25)28-2/h5-10,12H,4,11,13H2,1-3H3,(H,22,24). The quantitative estimate of drug-likeness (QED) is 0.583. The summed E-state index contributed by atoms with van der Waals surface area (Å²) in [5, 5.41) is 2.73. The molecule has 0 saturated heterocycles. The number of anilines is 2. The Labute approximate surface area is 180 Å². The number of esters is 1. The summed E-state index contributed by atoms with van der Waals surface area (Å²) in [6.07, 6.45) is 1.86. The van der Waals surface area contributed by atoms with Gasteiger partial charge in [0.2, 0.25) is 15.9 Å². The molecule has 0 spiro atoms. The van der Waals surface area contributed by atoms with E-state index in [9.17, 15) is 18.0 Å². The molecule has 0 saturated carbocycles. The van der Waals surface area contributed by atoms with E-state index in [1.165, 1.54) is 25.3 Å². The van der Waals surface area contributed by atoms with Crippen molar-refractivity contribution in [1.82, 2.24) is 0 Å². The normalized spacial score (nSPS) is 10.9. The molecule has 0 aliphatic rings. The van der Waals surface area contributed by atoms with Crippen molar-refractivity contribution in [1.29, 1.82) is 0 Å². The van der Waals surface area contributed by atoms with Crippen LogP contribution in [0.1, 0.15) is 23.7 Å². The van der Waals surface area contributed by atoms with E-state index in [1.807, 2.05) is 6.92 Å². The van der Waals surface area contributed by atoms with Crippen LogP contribution in [0.4, 0.5) is 11.4 Å². The van der Waals surface area contributed by atoms with Crippen molar-refractivity contribution >= 4 is 44.9 Å². The predicted octanol–water partition coefficient (Wildman–Crippen LogP) is 3.32. The average Bonchev–Trinajstić information content (AvgIpc) is 2.71. The minimum atomic E-state index is -3.73. The lowest BCUT2D eigenvalue weighted by Gasteiger charge is -2.22. The van der Waals surface area contributed by atoms with Crippen LogP contribution in [-0.4, -0.2) is 46.8 Å². The summed E-state index contributed by atoms with van der Waals surface area (Å²) in [7, 11) is -2.52. The maximum Gasteiger partial charge on any atom is 0.339 e. The van der Waals surface area contributed by atoms with Crippen molar-refractivity contribution in [2.24, 2.45) is 0 Å². The number of nitrogens with one attached hydrogen (secondary N) is 1. The first-order valence-corrected chi connectivity index (χ1v) is 11.3. The van der Waals surface area contributed by atoms with E-state index in [0.717, 1.165) is 17.0 Å². The maximum absolute atomic E-state index is 12.5. The molecule has 2 rings (SSSR count). The molecule has 10 heteroatoms. The molecule has 0 fully saturated rings. The number of amides is 1. The summed E-state index contributed by atoms with van der Waals surface area (Å²) in [6.45, 7) is 2.07. The number of halogens is 1. The number of benzene rings is 2. The molecule has 162 valence electrons. The second-order valence-corrected chi connectivity index (χ2v) is 8.66. The fourth-order valence-corrected chi connectivity index (χ4v) is 3.58. The van der Waals surface area contributed by atoms with Gasteiger partial charge < -0.3 is 14.8 Å². The first kappa shape index (κ1) is 23.5. The van der Waals surface area contributed by atoms with Gasteiger partial charge in [-0.05, 0) is 48.9 Å². The summed E-state index contributed by atoms with van der Waals surface area (Å²) >= 11 is 5.96. The van der Waals surface area contributed by atoms with Crippen molar-refractivity contribution in [3.05, 3.63) is 53.1 Å². The van der Waals surface area contributed by atoms with Gasteiger partial charge in [-0.2, -0.15) is 0 Å². The summed E-state index contributed by atoms with van der Waals surface area (Å²) in [5.74, 6) is -0.640. The summed E-state index contributed by atoms with van der Waals surface area (Å²) < 4.78 is 35.6. The van der Waals surface area contributed by atoms with Crippen molar-refractivity contribution in [3.8, 4) is 5.75 Å². The molecule has 0 unspecified atom stereocenters. The Morgan fingerprint density at radius 1 is 1.13 bits per heavy atom. The zero-order valence-electron chi connectivity index (χ0n) is 16.8. The van der Waals surface area contributed by atoms with E-state index in [0.29, 0.717) is 18.0 Å². The Morgan fingerprint density at radius 2 is 1.80 bits per heavy atom. The van der Waals surface area contributed by atoms with Crippen LogP contribution < -0.4 is 14.4 Å². The van der Waals surface area contributed by atoms with Crippen LogP contribution in [-0.2, 0) is 19.6 Å². The van der Waals surface area contributed by atoms with E-state index >= 15 is 0 Å². The van der Waals surface area contributed by atoms with Gasteiger partial charge in [0.15, 0.2) is 0 Å². The molecule has 0 aromatic heterocycles. The predicted molar refractivity (Wildman–Crippen MR) is 116 cm³/mol. The molecular formula is C20H23ClN2O6S. The lowest BCUT2D eigenvalue weighted by Crippen LogP contribution is -2.37. The van der Waals surface area contributed by atoms with E-state index in [-0.39, 0.29) is 16.3 Å². The molecule has 2 aromatic carbocycles. The fraction of sp³-hybridized carbons (Fsp3) is 0.300. The highest BCUT2D eigenvalue weighted by molar-refractivity contribution is 7.92. The lowest BCUT2D eigenvalue weighted by molar-refractivity contribution is -0.114. The van der Waals surface area contributed by atoms with Crippen LogP contribution in [0.15, 0.2) is 42.5 Å². The monoisotopic (exact) mass is 454 g/mol. The number of rotatable bonds is 9. The van der Waals surface area contributed by atoms with Crippen molar-refractivity contribution < 1.29 is 27.5 Å². The van der Waals surface area contributed by atoms with Gasteiger partial charge in [0.25, 0.3) is 0 Å². The van der Waals surface area contributed by atoms with Gasteiger partial charge in [0.05, 0.1) is 36.2 Å². The smallest absolute Gasteiger partial charge is 0.339 e. The third-order valence-electron chi connectivity index (χ3n) is 3.94. The number of ether oxygens (including phenoxy) is 2. The third kappa shape index (κ3) is 6.36. The minimum Gasteiger partial charge on any atom is -0.494 e. The van der Waals surface area contributed by atoms with Gasteiger partial charge in [-0.25, -0.2) is 13.2 Å². The number of methoxy groups -OCH3 is 1. The minimum absolute atomic E-state index is 0.0830. The van der Waals surface area contributed by atoms with Crippen LogP contribution >= 0.6 is 11.6 Å². The van der Waals surface area contributed by atoms with Crippen LogP contribution in [0, 0.1) is 0 Å². The first-order chi connectivity index (χ1) is 14.2. The molecule has 1 amide bonds. The largest absolute Gasteiger partial charge is 0.494 e. The van der Waals surface area contributed by atoms with E-state index < -0.39 is 28.4 Å². The molecule has 0 atom stereocenters. The summed E-state index contributed by atoms with van der Waals surface area (Å²) in [6, 6.07) is 10.7. The molecule has 0 heterocycles. The molecular weight excluding hydrogens is 432 g/mol. The van der Waals surface area contributed by atoms with Crippen LogP contribution in [0.3, 0.4) is 0 Å². The summed E-state index contributed by atoms with van der Waals surface area (Å²) in [4.78, 5) is 24.2. The fourth-order valence-electron chi connectivity index (χ4n) is 2.53. The van der Waals surface area contributed by atoms with Crippen LogP contribution in [0.25, 0.3) is 0 Å². The average molecular weight is 455 g/mol. The molecule has 0 bridgehead atoms. The number of hydrogen-bond donors (Lipinski definition) is 1. The highest BCUT2D eigenvalue weighted by Crippen LogP contribution is 2.23. The van der Waals surface area contributed by atoms with Gasteiger partial charge in [-0.3, -0.25) is 9.10 Å². The number of nitrogens with zero attached hydrogens (tertiary/aromatic N) is 1. The van der Waals surface area contributed by atoms with Crippen molar-refractivity contribution in [3.63, 3.8) is 0 Å². The van der Waals surface area contributed by atoms with Crippen LogP contribution in [0.2, 0.25) is 5.02 Å². The highest BCUT2D eigenvalue weighted by atomic mass is 35.5.